The average molecular weight is 339 g/mol. The fourth-order valence-corrected chi connectivity index (χ4v) is 1.88. The second-order valence-corrected chi connectivity index (χ2v) is 5.42. The summed E-state index contributed by atoms with van der Waals surface area (Å²) >= 11 is 0. The van der Waals surface area contributed by atoms with Crippen molar-refractivity contribution in [2.45, 2.75) is 43.9 Å². The number of carbonyl (C=O) groups excluding carboxylic acids is 1. The lowest BCUT2D eigenvalue weighted by molar-refractivity contribution is -0.165. The highest BCUT2D eigenvalue weighted by Gasteiger charge is 2.29. The Morgan fingerprint density at radius 3 is 1.88 bits per heavy atom. The van der Waals surface area contributed by atoms with Gasteiger partial charge in [0, 0.05) is 6.04 Å². The van der Waals surface area contributed by atoms with Gasteiger partial charge in [0.2, 0.25) is 5.91 Å². The van der Waals surface area contributed by atoms with Crippen molar-refractivity contribution in [3.05, 3.63) is 35.9 Å². The smallest absolute Gasteiger partial charge is 0.335 e. The van der Waals surface area contributed by atoms with Crippen LogP contribution in [0.4, 0.5) is 0 Å². The predicted molar refractivity (Wildman–Crippen MR) is 83.2 cm³/mol. The molecular weight excluding hydrogens is 318 g/mol. The topological polar surface area (TPSA) is 144 Å². The Balaban J connectivity index is 0.000000257. The third-order valence-corrected chi connectivity index (χ3v) is 3.48. The van der Waals surface area contributed by atoms with Gasteiger partial charge in [-0.15, -0.1) is 0 Å². The minimum atomic E-state index is -2.27. The van der Waals surface area contributed by atoms with Crippen LogP contribution in [0.2, 0.25) is 0 Å². The van der Waals surface area contributed by atoms with Gasteiger partial charge in [0.1, 0.15) is 0 Å². The number of carboxylic acid groups (broad SMARTS) is 2. The minimum absolute atomic E-state index is 0.154. The van der Waals surface area contributed by atoms with E-state index in [2.05, 4.69) is 5.32 Å². The summed E-state index contributed by atoms with van der Waals surface area (Å²) in [6.07, 6.45) is -0.454. The van der Waals surface area contributed by atoms with E-state index in [0.717, 1.165) is 18.4 Å². The first-order valence-corrected chi connectivity index (χ1v) is 7.46. The second kappa shape index (κ2) is 9.64. The number of benzene rings is 1. The SMILES string of the molecule is O=C(Cc1ccccc1)NC1CCC1.O=C(O)C(O)C(O)C(=O)O. The van der Waals surface area contributed by atoms with Crippen LogP contribution in [0, 0.1) is 0 Å². The van der Waals surface area contributed by atoms with Gasteiger partial charge in [-0.1, -0.05) is 30.3 Å². The van der Waals surface area contributed by atoms with E-state index in [0.29, 0.717) is 12.5 Å². The van der Waals surface area contributed by atoms with Crippen molar-refractivity contribution in [1.82, 2.24) is 5.32 Å². The molecule has 0 radical (unpaired) electrons. The maximum absolute atomic E-state index is 11.5. The molecule has 2 rings (SSSR count). The van der Waals surface area contributed by atoms with Crippen molar-refractivity contribution in [3.63, 3.8) is 0 Å². The van der Waals surface area contributed by atoms with Gasteiger partial charge in [-0.2, -0.15) is 0 Å². The molecule has 1 saturated carbocycles. The quantitative estimate of drug-likeness (QED) is 0.481. The molecule has 1 fully saturated rings. The highest BCUT2D eigenvalue weighted by Crippen LogP contribution is 2.18. The fraction of sp³-hybridized carbons (Fsp3) is 0.438. The van der Waals surface area contributed by atoms with E-state index in [1.165, 1.54) is 6.42 Å². The van der Waals surface area contributed by atoms with Crippen molar-refractivity contribution in [2.75, 3.05) is 0 Å². The van der Waals surface area contributed by atoms with Crippen LogP contribution in [0.3, 0.4) is 0 Å². The van der Waals surface area contributed by atoms with Crippen molar-refractivity contribution in [2.24, 2.45) is 0 Å². The van der Waals surface area contributed by atoms with Crippen LogP contribution < -0.4 is 5.32 Å². The molecule has 1 aliphatic rings. The summed E-state index contributed by atoms with van der Waals surface area (Å²) in [5.74, 6) is -3.38. The van der Waals surface area contributed by atoms with Crippen LogP contribution in [0.25, 0.3) is 0 Å². The Morgan fingerprint density at radius 1 is 1.00 bits per heavy atom. The highest BCUT2D eigenvalue weighted by atomic mass is 16.4. The Hall–Kier alpha value is -2.45. The molecule has 1 aliphatic carbocycles. The van der Waals surface area contributed by atoms with Gasteiger partial charge in [0.15, 0.2) is 12.2 Å². The highest BCUT2D eigenvalue weighted by molar-refractivity contribution is 5.83. The number of amides is 1. The Bertz CT molecular complexity index is 539. The zero-order valence-electron chi connectivity index (χ0n) is 13.0. The molecule has 0 spiro atoms. The monoisotopic (exact) mass is 339 g/mol. The number of aliphatic hydroxyl groups is 2. The van der Waals surface area contributed by atoms with Crippen LogP contribution in [0.15, 0.2) is 30.3 Å². The van der Waals surface area contributed by atoms with Gasteiger partial charge in [-0.25, -0.2) is 9.59 Å². The Kier molecular flexibility index (Phi) is 7.87. The maximum Gasteiger partial charge on any atom is 0.335 e. The molecule has 1 aromatic rings. The third-order valence-electron chi connectivity index (χ3n) is 3.48. The molecular formula is C16H21NO7. The lowest BCUT2D eigenvalue weighted by atomic mass is 9.93. The largest absolute Gasteiger partial charge is 0.479 e. The van der Waals surface area contributed by atoms with Crippen LogP contribution in [0.1, 0.15) is 24.8 Å². The van der Waals surface area contributed by atoms with Crippen LogP contribution in [-0.4, -0.2) is 56.5 Å². The summed E-state index contributed by atoms with van der Waals surface area (Å²) in [6.45, 7) is 0. The third kappa shape index (κ3) is 6.76. The number of carbonyl (C=O) groups is 3. The molecule has 0 bridgehead atoms. The molecule has 8 heteroatoms. The van der Waals surface area contributed by atoms with E-state index in [4.69, 9.17) is 20.4 Å². The number of nitrogens with one attached hydrogen (secondary N) is 1. The number of hydrogen-bond donors (Lipinski definition) is 5. The van der Waals surface area contributed by atoms with Gasteiger partial charge in [-0.3, -0.25) is 4.79 Å². The minimum Gasteiger partial charge on any atom is -0.479 e. The second-order valence-electron chi connectivity index (χ2n) is 5.42. The zero-order chi connectivity index (χ0) is 18.1. The summed E-state index contributed by atoms with van der Waals surface area (Å²) in [4.78, 5) is 31.0. The van der Waals surface area contributed by atoms with E-state index in [1.807, 2.05) is 30.3 Å². The standard InChI is InChI=1S/C12H15NO.C4H6O6/c14-12(13-11-7-4-8-11)9-10-5-2-1-3-6-10;5-1(3(7)8)2(6)4(9)10/h1-3,5-6,11H,4,7-9H2,(H,13,14);1-2,5-6H,(H,7,8)(H,9,10). The van der Waals surface area contributed by atoms with Gasteiger partial charge >= 0.3 is 11.9 Å². The van der Waals surface area contributed by atoms with Crippen LogP contribution in [0.5, 0.6) is 0 Å². The van der Waals surface area contributed by atoms with E-state index < -0.39 is 24.1 Å². The summed E-state index contributed by atoms with van der Waals surface area (Å²) in [5.41, 5.74) is 1.09. The number of aliphatic carboxylic acids is 2. The first-order chi connectivity index (χ1) is 11.3. The number of hydrogen-bond acceptors (Lipinski definition) is 5. The summed E-state index contributed by atoms with van der Waals surface area (Å²) in [6, 6.07) is 10.3. The molecule has 132 valence electrons. The summed E-state index contributed by atoms with van der Waals surface area (Å²) in [5, 5.41) is 35.6. The Labute approximate surface area is 138 Å². The predicted octanol–water partition coefficient (Wildman–Crippen LogP) is -0.225. The molecule has 8 nitrogen and oxygen atoms in total. The molecule has 1 aromatic carbocycles. The molecule has 0 saturated heterocycles. The molecule has 1 amide bonds. The average Bonchev–Trinajstić information content (AvgIpc) is 2.51. The summed E-state index contributed by atoms with van der Waals surface area (Å²) in [7, 11) is 0. The lowest BCUT2D eigenvalue weighted by Crippen LogP contribution is -2.40. The molecule has 2 atom stereocenters. The van der Waals surface area contributed by atoms with Crippen molar-refractivity contribution < 1.29 is 34.8 Å². The van der Waals surface area contributed by atoms with Gasteiger partial charge in [0.25, 0.3) is 0 Å². The van der Waals surface area contributed by atoms with E-state index in [-0.39, 0.29) is 5.91 Å². The van der Waals surface area contributed by atoms with Crippen LogP contribution >= 0.6 is 0 Å². The normalized spacial score (nSPS) is 15.9. The van der Waals surface area contributed by atoms with E-state index >= 15 is 0 Å². The van der Waals surface area contributed by atoms with E-state index in [9.17, 15) is 14.4 Å². The van der Waals surface area contributed by atoms with Gasteiger partial charge in [0.05, 0.1) is 6.42 Å². The van der Waals surface area contributed by atoms with Gasteiger partial charge in [-0.05, 0) is 24.8 Å². The van der Waals surface area contributed by atoms with Crippen molar-refractivity contribution in [3.8, 4) is 0 Å². The first-order valence-electron chi connectivity index (χ1n) is 7.46. The number of carboxylic acids is 2. The van der Waals surface area contributed by atoms with E-state index in [1.54, 1.807) is 0 Å². The van der Waals surface area contributed by atoms with Gasteiger partial charge < -0.3 is 25.7 Å². The first kappa shape index (κ1) is 19.6. The zero-order valence-corrected chi connectivity index (χ0v) is 13.0. The number of aliphatic hydroxyl groups excluding tert-OH is 2. The van der Waals surface area contributed by atoms with Crippen molar-refractivity contribution >= 4 is 17.8 Å². The lowest BCUT2D eigenvalue weighted by Gasteiger charge is -2.26. The Morgan fingerprint density at radius 2 is 1.50 bits per heavy atom. The molecule has 0 aliphatic heterocycles. The van der Waals surface area contributed by atoms with Crippen molar-refractivity contribution in [1.29, 1.82) is 0 Å². The molecule has 0 aromatic heterocycles. The maximum atomic E-state index is 11.5. The van der Waals surface area contributed by atoms with Crippen LogP contribution in [-0.2, 0) is 20.8 Å². The molecule has 24 heavy (non-hydrogen) atoms. The molecule has 5 N–H and O–H groups in total. The molecule has 0 heterocycles. The molecule has 2 unspecified atom stereocenters. The fourth-order valence-electron chi connectivity index (χ4n) is 1.88. The summed E-state index contributed by atoms with van der Waals surface area (Å²) < 4.78 is 0. The number of rotatable bonds is 6.